The fourth-order valence-corrected chi connectivity index (χ4v) is 3.33. The molecule has 0 bridgehead atoms. The normalized spacial score (nSPS) is 11.3. The molecule has 5 nitrogen and oxygen atoms in total. The van der Waals surface area contributed by atoms with Gasteiger partial charge in [-0.3, -0.25) is 4.99 Å². The SMILES string of the molecule is CCNC(=NCCc1cccs1)N(C)CCc1ccc(OC)c(OC)c1. The first-order valence-corrected chi connectivity index (χ1v) is 9.78. The van der Waals surface area contributed by atoms with Crippen molar-refractivity contribution in [2.24, 2.45) is 4.99 Å². The second-order valence-electron chi connectivity index (χ2n) is 5.93. The summed E-state index contributed by atoms with van der Waals surface area (Å²) >= 11 is 1.78. The number of thiophene rings is 1. The van der Waals surface area contributed by atoms with E-state index in [-0.39, 0.29) is 0 Å². The molecule has 0 unspecified atom stereocenters. The van der Waals surface area contributed by atoms with Crippen molar-refractivity contribution in [3.8, 4) is 11.5 Å². The van der Waals surface area contributed by atoms with Gasteiger partial charge in [-0.2, -0.15) is 0 Å². The fourth-order valence-electron chi connectivity index (χ4n) is 2.64. The average molecular weight is 376 g/mol. The maximum absolute atomic E-state index is 5.38. The number of guanidine groups is 1. The molecule has 26 heavy (non-hydrogen) atoms. The lowest BCUT2D eigenvalue weighted by molar-refractivity contribution is 0.354. The summed E-state index contributed by atoms with van der Waals surface area (Å²) < 4.78 is 10.7. The molecule has 142 valence electrons. The summed E-state index contributed by atoms with van der Waals surface area (Å²) in [5, 5.41) is 5.48. The third-order valence-corrected chi connectivity index (χ3v) is 5.02. The molecule has 0 aliphatic carbocycles. The number of nitrogens with one attached hydrogen (secondary N) is 1. The van der Waals surface area contributed by atoms with Gasteiger partial charge in [0, 0.05) is 38.0 Å². The van der Waals surface area contributed by atoms with Crippen LogP contribution in [0.5, 0.6) is 11.5 Å². The van der Waals surface area contributed by atoms with Crippen LogP contribution < -0.4 is 14.8 Å². The van der Waals surface area contributed by atoms with Crippen LogP contribution in [0.15, 0.2) is 40.7 Å². The Morgan fingerprint density at radius 1 is 1.15 bits per heavy atom. The molecule has 0 fully saturated rings. The summed E-state index contributed by atoms with van der Waals surface area (Å²) in [6, 6.07) is 10.3. The van der Waals surface area contributed by atoms with E-state index in [4.69, 9.17) is 14.5 Å². The number of nitrogens with zero attached hydrogens (tertiary/aromatic N) is 2. The van der Waals surface area contributed by atoms with Crippen molar-refractivity contribution in [3.05, 3.63) is 46.2 Å². The highest BCUT2D eigenvalue weighted by Gasteiger charge is 2.08. The van der Waals surface area contributed by atoms with Gasteiger partial charge in [-0.05, 0) is 42.5 Å². The van der Waals surface area contributed by atoms with E-state index < -0.39 is 0 Å². The third kappa shape index (κ3) is 5.95. The first kappa shape index (κ1) is 20.1. The van der Waals surface area contributed by atoms with E-state index in [1.807, 2.05) is 12.1 Å². The molecule has 1 aromatic carbocycles. The Labute approximate surface area is 160 Å². The molecule has 0 spiro atoms. The summed E-state index contributed by atoms with van der Waals surface area (Å²) in [4.78, 5) is 8.30. The van der Waals surface area contributed by atoms with Gasteiger partial charge in [0.2, 0.25) is 0 Å². The standard InChI is InChI=1S/C20H29N3O2S/c1-5-21-20(22-12-10-17-7-6-14-26-17)23(2)13-11-16-8-9-18(24-3)19(15-16)25-4/h6-9,14-15H,5,10-13H2,1-4H3,(H,21,22). The van der Waals surface area contributed by atoms with Gasteiger partial charge in [-0.25, -0.2) is 0 Å². The first-order valence-electron chi connectivity index (χ1n) is 8.90. The maximum Gasteiger partial charge on any atom is 0.193 e. The smallest absolute Gasteiger partial charge is 0.193 e. The molecule has 1 N–H and O–H groups in total. The molecule has 0 aliphatic heterocycles. The topological polar surface area (TPSA) is 46.1 Å². The van der Waals surface area contributed by atoms with Crippen molar-refractivity contribution in [2.45, 2.75) is 19.8 Å². The Morgan fingerprint density at radius 2 is 1.96 bits per heavy atom. The summed E-state index contributed by atoms with van der Waals surface area (Å²) in [5.41, 5.74) is 1.21. The Morgan fingerprint density at radius 3 is 2.62 bits per heavy atom. The van der Waals surface area contributed by atoms with E-state index >= 15 is 0 Å². The second kappa shape index (κ2) is 10.7. The van der Waals surface area contributed by atoms with Gasteiger partial charge in [0.1, 0.15) is 0 Å². The summed E-state index contributed by atoms with van der Waals surface area (Å²) in [6.07, 6.45) is 1.89. The van der Waals surface area contributed by atoms with Crippen LogP contribution in [0.4, 0.5) is 0 Å². The molecular weight excluding hydrogens is 346 g/mol. The average Bonchev–Trinajstić information content (AvgIpc) is 3.18. The van der Waals surface area contributed by atoms with Gasteiger partial charge in [0.25, 0.3) is 0 Å². The number of hydrogen-bond acceptors (Lipinski definition) is 4. The number of aliphatic imine (C=N–C) groups is 1. The van der Waals surface area contributed by atoms with Crippen LogP contribution in [-0.4, -0.2) is 51.8 Å². The van der Waals surface area contributed by atoms with Crippen molar-refractivity contribution in [2.75, 3.05) is 40.9 Å². The lowest BCUT2D eigenvalue weighted by atomic mass is 10.1. The largest absolute Gasteiger partial charge is 0.493 e. The molecule has 1 aromatic heterocycles. The van der Waals surface area contributed by atoms with Crippen LogP contribution in [0, 0.1) is 0 Å². The van der Waals surface area contributed by atoms with E-state index in [0.717, 1.165) is 49.9 Å². The molecule has 2 rings (SSSR count). The zero-order valence-corrected chi connectivity index (χ0v) is 16.9. The van der Waals surface area contributed by atoms with E-state index in [1.165, 1.54) is 10.4 Å². The van der Waals surface area contributed by atoms with Crippen molar-refractivity contribution in [1.82, 2.24) is 10.2 Å². The maximum atomic E-state index is 5.38. The fraction of sp³-hybridized carbons (Fsp3) is 0.450. The Balaban J connectivity index is 1.93. The van der Waals surface area contributed by atoms with Gasteiger partial charge >= 0.3 is 0 Å². The van der Waals surface area contributed by atoms with Gasteiger partial charge in [0.15, 0.2) is 17.5 Å². The minimum Gasteiger partial charge on any atom is -0.493 e. The highest BCUT2D eigenvalue weighted by atomic mass is 32.1. The van der Waals surface area contributed by atoms with Crippen molar-refractivity contribution >= 4 is 17.3 Å². The van der Waals surface area contributed by atoms with Crippen molar-refractivity contribution < 1.29 is 9.47 Å². The van der Waals surface area contributed by atoms with Gasteiger partial charge in [-0.1, -0.05) is 12.1 Å². The lowest BCUT2D eigenvalue weighted by Crippen LogP contribution is -2.40. The summed E-state index contributed by atoms with van der Waals surface area (Å²) in [6.45, 7) is 4.62. The van der Waals surface area contributed by atoms with E-state index in [1.54, 1.807) is 25.6 Å². The predicted octanol–water partition coefficient (Wildman–Crippen LogP) is 3.45. The zero-order valence-electron chi connectivity index (χ0n) is 16.1. The Kier molecular flexibility index (Phi) is 8.28. The highest BCUT2D eigenvalue weighted by Crippen LogP contribution is 2.27. The molecule has 0 saturated heterocycles. The zero-order chi connectivity index (χ0) is 18.8. The van der Waals surface area contributed by atoms with Crippen molar-refractivity contribution in [1.29, 1.82) is 0 Å². The monoisotopic (exact) mass is 375 g/mol. The van der Waals surface area contributed by atoms with Crippen LogP contribution in [-0.2, 0) is 12.8 Å². The van der Waals surface area contributed by atoms with Crippen LogP contribution >= 0.6 is 11.3 Å². The van der Waals surface area contributed by atoms with Crippen LogP contribution in [0.1, 0.15) is 17.4 Å². The minimum absolute atomic E-state index is 0.757. The number of hydrogen-bond donors (Lipinski definition) is 1. The third-order valence-electron chi connectivity index (χ3n) is 4.08. The molecule has 2 aromatic rings. The molecular formula is C20H29N3O2S. The van der Waals surface area contributed by atoms with E-state index in [2.05, 4.69) is 47.8 Å². The molecule has 6 heteroatoms. The number of ether oxygens (including phenoxy) is 2. The van der Waals surface area contributed by atoms with Crippen LogP contribution in [0.2, 0.25) is 0 Å². The molecule has 0 radical (unpaired) electrons. The first-order chi connectivity index (χ1) is 12.7. The second-order valence-corrected chi connectivity index (χ2v) is 6.96. The van der Waals surface area contributed by atoms with Gasteiger partial charge in [-0.15, -0.1) is 11.3 Å². The summed E-state index contributed by atoms with van der Waals surface area (Å²) in [7, 11) is 5.39. The Hall–Kier alpha value is -2.21. The number of likely N-dealkylation sites (N-methyl/N-ethyl adjacent to an activating group) is 1. The minimum atomic E-state index is 0.757. The van der Waals surface area contributed by atoms with Crippen LogP contribution in [0.3, 0.4) is 0 Å². The summed E-state index contributed by atoms with van der Waals surface area (Å²) in [5.74, 6) is 2.47. The van der Waals surface area contributed by atoms with Gasteiger partial charge in [0.05, 0.1) is 14.2 Å². The number of benzene rings is 1. The highest BCUT2D eigenvalue weighted by molar-refractivity contribution is 7.09. The molecule has 0 atom stereocenters. The number of methoxy groups -OCH3 is 2. The van der Waals surface area contributed by atoms with Crippen molar-refractivity contribution in [3.63, 3.8) is 0 Å². The molecule has 1 heterocycles. The molecule has 0 saturated carbocycles. The van der Waals surface area contributed by atoms with Gasteiger partial charge < -0.3 is 19.7 Å². The van der Waals surface area contributed by atoms with E-state index in [0.29, 0.717) is 0 Å². The predicted molar refractivity (Wildman–Crippen MR) is 110 cm³/mol. The molecule has 0 amide bonds. The quantitative estimate of drug-likeness (QED) is 0.539. The number of rotatable bonds is 9. The Bertz CT molecular complexity index is 686. The lowest BCUT2D eigenvalue weighted by Gasteiger charge is -2.22. The van der Waals surface area contributed by atoms with E-state index in [9.17, 15) is 0 Å². The van der Waals surface area contributed by atoms with Crippen LogP contribution in [0.25, 0.3) is 0 Å². The molecule has 0 aliphatic rings.